The fourth-order valence-corrected chi connectivity index (χ4v) is 3.89. The number of hydrogen-bond donors (Lipinski definition) is 2. The molecule has 6 nitrogen and oxygen atoms in total. The van der Waals surface area contributed by atoms with Gasteiger partial charge < -0.3 is 16.0 Å². The van der Waals surface area contributed by atoms with E-state index in [1.54, 1.807) is 24.3 Å². The molecule has 0 bridgehead atoms. The van der Waals surface area contributed by atoms with Gasteiger partial charge in [-0.2, -0.15) is 0 Å². The Kier molecular flexibility index (Phi) is 8.95. The summed E-state index contributed by atoms with van der Waals surface area (Å²) < 4.78 is 0. The minimum absolute atomic E-state index is 0.138. The van der Waals surface area contributed by atoms with Crippen molar-refractivity contribution in [1.29, 1.82) is 0 Å². The van der Waals surface area contributed by atoms with Gasteiger partial charge >= 0.3 is 0 Å². The third-order valence-electron chi connectivity index (χ3n) is 5.37. The van der Waals surface area contributed by atoms with Crippen LogP contribution in [0.4, 0.5) is 0 Å². The average Bonchev–Trinajstić information content (AvgIpc) is 2.83. The molecule has 0 saturated carbocycles. The van der Waals surface area contributed by atoms with E-state index in [1.165, 1.54) is 5.56 Å². The lowest BCUT2D eigenvalue weighted by Gasteiger charge is -2.17. The molecule has 0 spiro atoms. The molecular weight excluding hydrogens is 462 g/mol. The smallest absolute Gasteiger partial charge is 0.287 e. The van der Waals surface area contributed by atoms with Crippen LogP contribution in [-0.4, -0.2) is 42.6 Å². The number of primary amides is 1. The molecule has 3 aromatic carbocycles. The minimum Gasteiger partial charge on any atom is -0.363 e. The molecule has 0 radical (unpaired) electrons. The molecule has 2 amide bonds. The van der Waals surface area contributed by atoms with E-state index in [1.807, 2.05) is 74.8 Å². The number of carbonyl (C=O) groups excluding carboxylic acids is 3. The third-order valence-corrected chi connectivity index (χ3v) is 5.70. The zero-order chi connectivity index (χ0) is 25.4. The number of carbonyl (C=O) groups is 3. The minimum atomic E-state index is -1.10. The van der Waals surface area contributed by atoms with E-state index in [4.69, 9.17) is 17.3 Å². The lowest BCUT2D eigenvalue weighted by Crippen LogP contribution is -2.47. The van der Waals surface area contributed by atoms with Crippen LogP contribution in [0.25, 0.3) is 12.2 Å². The van der Waals surface area contributed by atoms with E-state index in [-0.39, 0.29) is 12.0 Å². The highest BCUT2D eigenvalue weighted by Gasteiger charge is 2.26. The summed E-state index contributed by atoms with van der Waals surface area (Å²) in [4.78, 5) is 39.3. The maximum absolute atomic E-state index is 13.2. The first-order chi connectivity index (χ1) is 16.7. The Balaban J connectivity index is 1.84. The molecular formula is C28H28ClN3O3. The number of amides is 2. The molecule has 3 N–H and O–H groups in total. The molecule has 1 unspecified atom stereocenters. The van der Waals surface area contributed by atoms with Gasteiger partial charge in [-0.1, -0.05) is 84.4 Å². The second-order valence-corrected chi connectivity index (χ2v) is 8.87. The van der Waals surface area contributed by atoms with Gasteiger partial charge in [0.25, 0.3) is 11.8 Å². The quantitative estimate of drug-likeness (QED) is 0.333. The topological polar surface area (TPSA) is 92.5 Å². The van der Waals surface area contributed by atoms with Gasteiger partial charge in [-0.05, 0) is 42.9 Å². The van der Waals surface area contributed by atoms with Crippen molar-refractivity contribution in [3.8, 4) is 0 Å². The van der Waals surface area contributed by atoms with E-state index in [2.05, 4.69) is 10.2 Å². The summed E-state index contributed by atoms with van der Waals surface area (Å²) in [5, 5.41) is 3.06. The van der Waals surface area contributed by atoms with Crippen molar-refractivity contribution in [2.75, 3.05) is 14.1 Å². The molecule has 0 aromatic heterocycles. The highest BCUT2D eigenvalue weighted by atomic mass is 35.5. The Hall–Kier alpha value is -3.74. The number of nitrogens with zero attached hydrogens (tertiary/aromatic N) is 1. The Morgan fingerprint density at radius 2 is 1.60 bits per heavy atom. The Bertz CT molecular complexity index is 1220. The summed E-state index contributed by atoms with van der Waals surface area (Å²) in [6.07, 6.45) is 3.77. The van der Waals surface area contributed by atoms with E-state index >= 15 is 0 Å². The van der Waals surface area contributed by atoms with Gasteiger partial charge in [0.15, 0.2) is 0 Å². The molecule has 0 heterocycles. The van der Waals surface area contributed by atoms with Crippen molar-refractivity contribution in [2.24, 2.45) is 5.73 Å². The summed E-state index contributed by atoms with van der Waals surface area (Å²) in [5.74, 6) is -2.49. The lowest BCUT2D eigenvalue weighted by atomic mass is 10.00. The zero-order valence-electron chi connectivity index (χ0n) is 19.7. The molecule has 0 fully saturated rings. The van der Waals surface area contributed by atoms with Gasteiger partial charge in [0.05, 0.1) is 0 Å². The third kappa shape index (κ3) is 7.37. The van der Waals surface area contributed by atoms with Crippen LogP contribution in [0.3, 0.4) is 0 Å². The van der Waals surface area contributed by atoms with Crippen LogP contribution in [0.5, 0.6) is 0 Å². The standard InChI is InChI=1S/C28H28ClN3O3/c1-32(2)18-21-13-11-19(12-14-21)15-16-22-23(9-6-10-24(22)29)28(35)31-25(26(33)27(30)34)17-20-7-4-3-5-8-20/h3-16,25H,17-18H2,1-2H3,(H2,30,34)(H,31,35). The molecule has 0 aliphatic carbocycles. The van der Waals surface area contributed by atoms with Crippen LogP contribution < -0.4 is 11.1 Å². The first kappa shape index (κ1) is 25.9. The van der Waals surface area contributed by atoms with Crippen LogP contribution in [0.1, 0.15) is 32.6 Å². The highest BCUT2D eigenvalue weighted by molar-refractivity contribution is 6.38. The first-order valence-electron chi connectivity index (χ1n) is 11.1. The maximum Gasteiger partial charge on any atom is 0.287 e. The fraction of sp³-hybridized carbons (Fsp3) is 0.179. The van der Waals surface area contributed by atoms with Crippen molar-refractivity contribution in [2.45, 2.75) is 19.0 Å². The number of hydrogen-bond acceptors (Lipinski definition) is 4. The largest absolute Gasteiger partial charge is 0.363 e. The van der Waals surface area contributed by atoms with Gasteiger partial charge in [0, 0.05) is 29.1 Å². The van der Waals surface area contributed by atoms with Gasteiger partial charge in [-0.25, -0.2) is 0 Å². The summed E-state index contributed by atoms with van der Waals surface area (Å²) >= 11 is 6.42. The monoisotopic (exact) mass is 489 g/mol. The molecule has 180 valence electrons. The van der Waals surface area contributed by atoms with Gasteiger partial charge in [-0.15, -0.1) is 0 Å². The lowest BCUT2D eigenvalue weighted by molar-refractivity contribution is -0.137. The van der Waals surface area contributed by atoms with Crippen LogP contribution in [0.15, 0.2) is 72.8 Å². The molecule has 1 atom stereocenters. The zero-order valence-corrected chi connectivity index (χ0v) is 20.5. The van der Waals surface area contributed by atoms with E-state index in [0.29, 0.717) is 10.6 Å². The number of nitrogens with two attached hydrogens (primary N) is 1. The second kappa shape index (κ2) is 12.1. The number of ketones is 1. The Morgan fingerprint density at radius 3 is 2.23 bits per heavy atom. The molecule has 7 heteroatoms. The predicted molar refractivity (Wildman–Crippen MR) is 140 cm³/mol. The molecule has 0 aliphatic rings. The number of halogens is 1. The fourth-order valence-electron chi connectivity index (χ4n) is 3.65. The first-order valence-corrected chi connectivity index (χ1v) is 11.5. The second-order valence-electron chi connectivity index (χ2n) is 8.46. The summed E-state index contributed by atoms with van der Waals surface area (Å²) in [7, 11) is 4.03. The van der Waals surface area contributed by atoms with E-state index in [9.17, 15) is 14.4 Å². The van der Waals surface area contributed by atoms with Gasteiger partial charge in [0.2, 0.25) is 5.78 Å². The van der Waals surface area contributed by atoms with Crippen molar-refractivity contribution >= 4 is 41.4 Å². The summed E-state index contributed by atoms with van der Waals surface area (Å²) in [6, 6.07) is 21.0. The predicted octanol–water partition coefficient (Wildman–Crippen LogP) is 3.97. The van der Waals surface area contributed by atoms with Crippen molar-refractivity contribution in [3.05, 3.63) is 106 Å². The Labute approximate surface area is 210 Å². The van der Waals surface area contributed by atoms with Crippen molar-refractivity contribution < 1.29 is 14.4 Å². The van der Waals surface area contributed by atoms with Crippen LogP contribution in [0, 0.1) is 0 Å². The van der Waals surface area contributed by atoms with Gasteiger partial charge in [0.1, 0.15) is 6.04 Å². The maximum atomic E-state index is 13.2. The van der Waals surface area contributed by atoms with Crippen LogP contribution in [-0.2, 0) is 22.6 Å². The summed E-state index contributed by atoms with van der Waals surface area (Å²) in [6.45, 7) is 0.840. The number of nitrogens with one attached hydrogen (secondary N) is 1. The van der Waals surface area contributed by atoms with Crippen molar-refractivity contribution in [1.82, 2.24) is 10.2 Å². The number of Topliss-reactive ketones (excluding diaryl/α,β-unsaturated/α-hetero) is 1. The van der Waals surface area contributed by atoms with Crippen LogP contribution >= 0.6 is 11.6 Å². The normalized spacial score (nSPS) is 12.0. The van der Waals surface area contributed by atoms with Crippen LogP contribution in [0.2, 0.25) is 5.02 Å². The molecule has 3 aromatic rings. The molecule has 0 saturated heterocycles. The SMILES string of the molecule is CN(C)Cc1ccc(C=Cc2c(Cl)cccc2C(=O)NC(Cc2ccccc2)C(=O)C(N)=O)cc1. The van der Waals surface area contributed by atoms with Gasteiger partial charge in [-0.3, -0.25) is 14.4 Å². The molecule has 0 aliphatic heterocycles. The van der Waals surface area contributed by atoms with Crippen molar-refractivity contribution in [3.63, 3.8) is 0 Å². The van der Waals surface area contributed by atoms with E-state index < -0.39 is 23.6 Å². The number of rotatable bonds is 10. The molecule has 3 rings (SSSR count). The summed E-state index contributed by atoms with van der Waals surface area (Å²) in [5.41, 5.74) is 8.95. The molecule has 35 heavy (non-hydrogen) atoms. The Morgan fingerprint density at radius 1 is 0.914 bits per heavy atom. The average molecular weight is 490 g/mol. The highest BCUT2D eigenvalue weighted by Crippen LogP contribution is 2.23. The number of benzene rings is 3. The van der Waals surface area contributed by atoms with E-state index in [0.717, 1.165) is 17.7 Å².